The first kappa shape index (κ1) is 16.5. The largest absolute Gasteiger partial charge is 0.495 e. The number of carbonyl (C=O) groups excluding carboxylic acids is 1. The standard InChI is InChI=1S/C17H24N2O3/c1-21-16-11-14(12-18-13-16)7-8-17(20)19-9-4-10-22-15-5-2-3-6-15/h7-8,11-13,15H,2-6,9-10H2,1H3,(H,19,20). The molecule has 0 aliphatic heterocycles. The molecule has 2 rings (SSSR count). The van der Waals surface area contributed by atoms with E-state index in [2.05, 4.69) is 10.3 Å². The maximum atomic E-state index is 11.7. The van der Waals surface area contributed by atoms with E-state index in [1.807, 2.05) is 6.07 Å². The first-order valence-electron chi connectivity index (χ1n) is 7.84. The molecular formula is C17H24N2O3. The van der Waals surface area contributed by atoms with Gasteiger partial charge in [0.15, 0.2) is 0 Å². The molecule has 1 saturated carbocycles. The molecule has 1 aromatic rings. The number of pyridine rings is 1. The van der Waals surface area contributed by atoms with Gasteiger partial charge in [-0.1, -0.05) is 12.8 Å². The Morgan fingerprint density at radius 1 is 1.41 bits per heavy atom. The Morgan fingerprint density at radius 3 is 3.00 bits per heavy atom. The second kappa shape index (κ2) is 9.20. The van der Waals surface area contributed by atoms with Crippen molar-refractivity contribution in [3.63, 3.8) is 0 Å². The minimum Gasteiger partial charge on any atom is -0.495 e. The van der Waals surface area contributed by atoms with Crippen LogP contribution in [0.5, 0.6) is 5.75 Å². The molecule has 0 saturated heterocycles. The van der Waals surface area contributed by atoms with Crippen LogP contribution in [-0.2, 0) is 9.53 Å². The van der Waals surface area contributed by atoms with Crippen LogP contribution >= 0.6 is 0 Å². The summed E-state index contributed by atoms with van der Waals surface area (Å²) in [7, 11) is 1.59. The number of methoxy groups -OCH3 is 1. The maximum Gasteiger partial charge on any atom is 0.244 e. The second-order valence-electron chi connectivity index (χ2n) is 5.41. The average molecular weight is 304 g/mol. The van der Waals surface area contributed by atoms with E-state index in [-0.39, 0.29) is 5.91 Å². The molecule has 1 amide bonds. The van der Waals surface area contributed by atoms with Crippen molar-refractivity contribution in [1.29, 1.82) is 0 Å². The van der Waals surface area contributed by atoms with Gasteiger partial charge in [0, 0.05) is 25.4 Å². The molecule has 0 radical (unpaired) electrons. The van der Waals surface area contributed by atoms with Gasteiger partial charge in [-0.15, -0.1) is 0 Å². The summed E-state index contributed by atoms with van der Waals surface area (Å²) in [5, 5.41) is 2.85. The van der Waals surface area contributed by atoms with Crippen LogP contribution in [0.15, 0.2) is 24.5 Å². The third-order valence-corrected chi connectivity index (χ3v) is 3.67. The molecule has 0 unspecified atom stereocenters. The molecule has 0 aromatic carbocycles. The highest BCUT2D eigenvalue weighted by Crippen LogP contribution is 2.20. The molecule has 0 bridgehead atoms. The van der Waals surface area contributed by atoms with Crippen molar-refractivity contribution in [2.45, 2.75) is 38.2 Å². The highest BCUT2D eigenvalue weighted by molar-refractivity contribution is 5.91. The van der Waals surface area contributed by atoms with E-state index in [1.165, 1.54) is 31.8 Å². The Kier molecular flexibility index (Phi) is 6.90. The van der Waals surface area contributed by atoms with Gasteiger partial charge >= 0.3 is 0 Å². The van der Waals surface area contributed by atoms with Crippen molar-refractivity contribution in [2.75, 3.05) is 20.3 Å². The van der Waals surface area contributed by atoms with Crippen LogP contribution in [0.25, 0.3) is 6.08 Å². The fraction of sp³-hybridized carbons (Fsp3) is 0.529. The zero-order valence-electron chi connectivity index (χ0n) is 13.1. The van der Waals surface area contributed by atoms with Crippen LogP contribution in [0.3, 0.4) is 0 Å². The van der Waals surface area contributed by atoms with Gasteiger partial charge < -0.3 is 14.8 Å². The molecule has 1 N–H and O–H groups in total. The van der Waals surface area contributed by atoms with Crippen molar-refractivity contribution < 1.29 is 14.3 Å². The number of carbonyl (C=O) groups is 1. The molecule has 1 aliphatic carbocycles. The van der Waals surface area contributed by atoms with Gasteiger partial charge in [0.25, 0.3) is 0 Å². The molecule has 0 spiro atoms. The second-order valence-corrected chi connectivity index (χ2v) is 5.41. The van der Waals surface area contributed by atoms with Gasteiger partial charge in [0.05, 0.1) is 19.4 Å². The van der Waals surface area contributed by atoms with Crippen molar-refractivity contribution in [2.24, 2.45) is 0 Å². The van der Waals surface area contributed by atoms with E-state index in [4.69, 9.17) is 9.47 Å². The summed E-state index contributed by atoms with van der Waals surface area (Å²) in [6, 6.07) is 1.83. The molecule has 120 valence electrons. The Morgan fingerprint density at radius 2 is 2.23 bits per heavy atom. The number of ether oxygens (including phenoxy) is 2. The number of rotatable bonds is 8. The molecular weight excluding hydrogens is 280 g/mol. The Labute approximate surface area is 131 Å². The summed E-state index contributed by atoms with van der Waals surface area (Å²) < 4.78 is 10.8. The number of aromatic nitrogens is 1. The normalized spacial score (nSPS) is 15.3. The van der Waals surface area contributed by atoms with E-state index in [0.717, 1.165) is 12.0 Å². The van der Waals surface area contributed by atoms with Crippen LogP contribution in [0.1, 0.15) is 37.7 Å². The summed E-state index contributed by atoms with van der Waals surface area (Å²) in [6.45, 7) is 1.35. The highest BCUT2D eigenvalue weighted by Gasteiger charge is 2.14. The van der Waals surface area contributed by atoms with Crippen molar-refractivity contribution in [1.82, 2.24) is 10.3 Å². The fourth-order valence-electron chi connectivity index (χ4n) is 2.46. The molecule has 0 atom stereocenters. The van der Waals surface area contributed by atoms with Gasteiger partial charge in [0.2, 0.25) is 5.91 Å². The number of hydrogen-bond donors (Lipinski definition) is 1. The van der Waals surface area contributed by atoms with Crippen LogP contribution in [0.4, 0.5) is 0 Å². The molecule has 22 heavy (non-hydrogen) atoms. The maximum absolute atomic E-state index is 11.7. The predicted molar refractivity (Wildman–Crippen MR) is 85.7 cm³/mol. The topological polar surface area (TPSA) is 60.5 Å². The molecule has 5 heteroatoms. The SMILES string of the molecule is COc1cncc(C=CC(=O)NCCCOC2CCCC2)c1. The van der Waals surface area contributed by atoms with E-state index in [9.17, 15) is 4.79 Å². The van der Waals surface area contributed by atoms with E-state index < -0.39 is 0 Å². The Hall–Kier alpha value is -1.88. The van der Waals surface area contributed by atoms with Crippen molar-refractivity contribution in [3.8, 4) is 5.75 Å². The van der Waals surface area contributed by atoms with Gasteiger partial charge in [0.1, 0.15) is 5.75 Å². The lowest BCUT2D eigenvalue weighted by Crippen LogP contribution is -2.23. The number of nitrogens with one attached hydrogen (secondary N) is 1. The molecule has 1 heterocycles. The van der Waals surface area contributed by atoms with Crippen molar-refractivity contribution >= 4 is 12.0 Å². The summed E-state index contributed by atoms with van der Waals surface area (Å²) in [6.07, 6.45) is 12.8. The fourth-order valence-corrected chi connectivity index (χ4v) is 2.46. The summed E-state index contributed by atoms with van der Waals surface area (Å²) in [5.74, 6) is 0.565. The average Bonchev–Trinajstić information content (AvgIpc) is 3.06. The Balaban J connectivity index is 1.61. The first-order valence-corrected chi connectivity index (χ1v) is 7.84. The number of nitrogens with zero attached hydrogens (tertiary/aromatic N) is 1. The van der Waals surface area contributed by atoms with Crippen LogP contribution in [-0.4, -0.2) is 37.3 Å². The predicted octanol–water partition coefficient (Wildman–Crippen LogP) is 2.57. The smallest absolute Gasteiger partial charge is 0.244 e. The van der Waals surface area contributed by atoms with Gasteiger partial charge in [-0.3, -0.25) is 9.78 Å². The third-order valence-electron chi connectivity index (χ3n) is 3.67. The monoisotopic (exact) mass is 304 g/mol. The van der Waals surface area contributed by atoms with Gasteiger partial charge in [-0.25, -0.2) is 0 Å². The molecule has 1 aromatic heterocycles. The quantitative estimate of drug-likeness (QED) is 0.592. The highest BCUT2D eigenvalue weighted by atomic mass is 16.5. The van der Waals surface area contributed by atoms with Crippen LogP contribution in [0.2, 0.25) is 0 Å². The third kappa shape index (κ3) is 5.85. The van der Waals surface area contributed by atoms with E-state index >= 15 is 0 Å². The summed E-state index contributed by atoms with van der Waals surface area (Å²) in [4.78, 5) is 15.7. The number of hydrogen-bond acceptors (Lipinski definition) is 4. The summed E-state index contributed by atoms with van der Waals surface area (Å²) >= 11 is 0. The van der Waals surface area contributed by atoms with E-state index in [0.29, 0.717) is 25.0 Å². The summed E-state index contributed by atoms with van der Waals surface area (Å²) in [5.41, 5.74) is 0.832. The van der Waals surface area contributed by atoms with Crippen LogP contribution < -0.4 is 10.1 Å². The van der Waals surface area contributed by atoms with Gasteiger partial charge in [-0.05, 0) is 37.0 Å². The van der Waals surface area contributed by atoms with Crippen LogP contribution in [0, 0.1) is 0 Å². The zero-order valence-corrected chi connectivity index (χ0v) is 13.1. The van der Waals surface area contributed by atoms with E-state index in [1.54, 1.807) is 25.6 Å². The molecule has 1 fully saturated rings. The van der Waals surface area contributed by atoms with Crippen molar-refractivity contribution in [3.05, 3.63) is 30.1 Å². The Bertz CT molecular complexity index is 496. The molecule has 1 aliphatic rings. The molecule has 5 nitrogen and oxygen atoms in total. The zero-order chi connectivity index (χ0) is 15.6. The number of amides is 1. The first-order chi connectivity index (χ1) is 10.8. The lowest BCUT2D eigenvalue weighted by molar-refractivity contribution is -0.116. The lowest BCUT2D eigenvalue weighted by atomic mass is 10.2. The minimum absolute atomic E-state index is 0.108. The minimum atomic E-state index is -0.108. The van der Waals surface area contributed by atoms with Gasteiger partial charge in [-0.2, -0.15) is 0 Å². The lowest BCUT2D eigenvalue weighted by Gasteiger charge is -2.10.